The molecule has 0 fully saturated rings. The number of nitrogens with one attached hydrogen (secondary N) is 1. The van der Waals surface area contributed by atoms with Gasteiger partial charge >= 0.3 is 0 Å². The summed E-state index contributed by atoms with van der Waals surface area (Å²) in [5.41, 5.74) is 2.35. The molecule has 1 amide bonds. The molecule has 0 spiro atoms. The third-order valence-corrected chi connectivity index (χ3v) is 3.94. The lowest BCUT2D eigenvalue weighted by molar-refractivity contribution is 0.102. The van der Waals surface area contributed by atoms with Gasteiger partial charge in [0.05, 0.1) is 5.56 Å². The monoisotopic (exact) mass is 347 g/mol. The SMILES string of the molecule is O=C(Nc1ccccc1)c1ccccc1Oc1ccc(CCCO)cc1. The van der Waals surface area contributed by atoms with E-state index in [1.807, 2.05) is 66.7 Å². The first-order chi connectivity index (χ1) is 12.8. The number of anilines is 1. The Morgan fingerprint density at radius 2 is 1.58 bits per heavy atom. The number of ether oxygens (including phenoxy) is 1. The lowest BCUT2D eigenvalue weighted by Crippen LogP contribution is -2.12. The van der Waals surface area contributed by atoms with E-state index < -0.39 is 0 Å². The van der Waals surface area contributed by atoms with E-state index in [-0.39, 0.29) is 12.5 Å². The molecule has 0 unspecified atom stereocenters. The Bertz CT molecular complexity index is 845. The molecule has 3 aromatic rings. The van der Waals surface area contributed by atoms with E-state index in [1.54, 1.807) is 12.1 Å². The van der Waals surface area contributed by atoms with Gasteiger partial charge in [-0.2, -0.15) is 0 Å². The summed E-state index contributed by atoms with van der Waals surface area (Å²) in [5, 5.41) is 11.8. The zero-order valence-electron chi connectivity index (χ0n) is 14.4. The van der Waals surface area contributed by atoms with Crippen molar-refractivity contribution in [3.05, 3.63) is 90.0 Å². The Morgan fingerprint density at radius 3 is 2.31 bits per heavy atom. The van der Waals surface area contributed by atoms with Gasteiger partial charge in [0.2, 0.25) is 0 Å². The molecular weight excluding hydrogens is 326 g/mol. The van der Waals surface area contributed by atoms with Crippen molar-refractivity contribution in [3.63, 3.8) is 0 Å². The zero-order chi connectivity index (χ0) is 18.2. The van der Waals surface area contributed by atoms with E-state index >= 15 is 0 Å². The van der Waals surface area contributed by atoms with E-state index in [0.717, 1.165) is 24.1 Å². The molecule has 0 bridgehead atoms. The number of hydrogen-bond donors (Lipinski definition) is 2. The van der Waals surface area contributed by atoms with Crippen molar-refractivity contribution in [2.45, 2.75) is 12.8 Å². The largest absolute Gasteiger partial charge is 0.457 e. The molecular formula is C22H21NO3. The maximum Gasteiger partial charge on any atom is 0.259 e. The average molecular weight is 347 g/mol. The average Bonchev–Trinajstić information content (AvgIpc) is 2.68. The predicted octanol–water partition coefficient (Wildman–Crippen LogP) is 4.66. The number of aryl methyl sites for hydroxylation is 1. The normalized spacial score (nSPS) is 10.3. The molecule has 132 valence electrons. The fourth-order valence-corrected chi connectivity index (χ4v) is 2.60. The molecule has 4 heteroatoms. The highest BCUT2D eigenvalue weighted by molar-refractivity contribution is 6.06. The van der Waals surface area contributed by atoms with Crippen LogP contribution < -0.4 is 10.1 Å². The summed E-state index contributed by atoms with van der Waals surface area (Å²) in [7, 11) is 0. The number of carbonyl (C=O) groups excluding carboxylic acids is 1. The molecule has 3 rings (SSSR count). The van der Waals surface area contributed by atoms with Crippen LogP contribution in [-0.2, 0) is 6.42 Å². The van der Waals surface area contributed by atoms with Gasteiger partial charge in [0.25, 0.3) is 5.91 Å². The fraction of sp³-hybridized carbons (Fsp3) is 0.136. The molecule has 2 N–H and O–H groups in total. The number of rotatable bonds is 7. The van der Waals surface area contributed by atoms with E-state index in [2.05, 4.69) is 5.32 Å². The number of hydrogen-bond acceptors (Lipinski definition) is 3. The standard InChI is InChI=1S/C22H21NO3/c24-16-6-7-17-12-14-19(15-13-17)26-21-11-5-4-10-20(21)22(25)23-18-8-2-1-3-9-18/h1-5,8-15,24H,6-7,16H2,(H,23,25). The van der Waals surface area contributed by atoms with Crippen molar-refractivity contribution in [3.8, 4) is 11.5 Å². The van der Waals surface area contributed by atoms with Gasteiger partial charge in [-0.25, -0.2) is 0 Å². The molecule has 26 heavy (non-hydrogen) atoms. The predicted molar refractivity (Wildman–Crippen MR) is 103 cm³/mol. The van der Waals surface area contributed by atoms with E-state index in [9.17, 15) is 4.79 Å². The summed E-state index contributed by atoms with van der Waals surface area (Å²) in [6.07, 6.45) is 1.57. The van der Waals surface area contributed by atoms with Crippen molar-refractivity contribution in [2.24, 2.45) is 0 Å². The first-order valence-corrected chi connectivity index (χ1v) is 8.59. The van der Waals surface area contributed by atoms with E-state index in [1.165, 1.54) is 0 Å². The van der Waals surface area contributed by atoms with Gasteiger partial charge < -0.3 is 15.2 Å². The third kappa shape index (κ3) is 4.71. The second-order valence-corrected chi connectivity index (χ2v) is 5.89. The van der Waals surface area contributed by atoms with E-state index in [0.29, 0.717) is 17.1 Å². The molecule has 0 heterocycles. The molecule has 0 aromatic heterocycles. The topological polar surface area (TPSA) is 58.6 Å². The second-order valence-electron chi connectivity index (χ2n) is 5.89. The van der Waals surface area contributed by atoms with Crippen molar-refractivity contribution >= 4 is 11.6 Å². The van der Waals surface area contributed by atoms with Crippen LogP contribution in [0.4, 0.5) is 5.69 Å². The van der Waals surface area contributed by atoms with Gasteiger partial charge in [0.1, 0.15) is 11.5 Å². The zero-order valence-corrected chi connectivity index (χ0v) is 14.4. The Balaban J connectivity index is 1.73. The summed E-state index contributed by atoms with van der Waals surface area (Å²) < 4.78 is 5.92. The van der Waals surface area contributed by atoms with Gasteiger partial charge in [-0.05, 0) is 54.8 Å². The number of amides is 1. The van der Waals surface area contributed by atoms with Crippen LogP contribution in [0.3, 0.4) is 0 Å². The first kappa shape index (κ1) is 17.7. The Hall–Kier alpha value is -3.11. The molecule has 3 aromatic carbocycles. The molecule has 0 aliphatic rings. The molecule has 0 atom stereocenters. The van der Waals surface area contributed by atoms with Crippen LogP contribution in [0.5, 0.6) is 11.5 Å². The number of aliphatic hydroxyl groups is 1. The number of carbonyl (C=O) groups is 1. The lowest BCUT2D eigenvalue weighted by Gasteiger charge is -2.12. The third-order valence-electron chi connectivity index (χ3n) is 3.94. The minimum Gasteiger partial charge on any atom is -0.457 e. The van der Waals surface area contributed by atoms with Gasteiger partial charge in [-0.15, -0.1) is 0 Å². The maximum absolute atomic E-state index is 12.6. The van der Waals surface area contributed by atoms with Crippen LogP contribution in [0.2, 0.25) is 0 Å². The second kappa shape index (κ2) is 8.83. The molecule has 0 aliphatic carbocycles. The van der Waals surface area contributed by atoms with Crippen molar-refractivity contribution in [1.82, 2.24) is 0 Å². The molecule has 0 aliphatic heterocycles. The summed E-state index contributed by atoms with van der Waals surface area (Å²) in [5.74, 6) is 0.952. The number of para-hydroxylation sites is 2. The molecule has 0 saturated heterocycles. The Kier molecular flexibility index (Phi) is 6.01. The van der Waals surface area contributed by atoms with Gasteiger partial charge in [0.15, 0.2) is 0 Å². The highest BCUT2D eigenvalue weighted by Crippen LogP contribution is 2.26. The minimum atomic E-state index is -0.216. The highest BCUT2D eigenvalue weighted by Gasteiger charge is 2.13. The minimum absolute atomic E-state index is 0.183. The number of benzene rings is 3. The molecule has 0 saturated carbocycles. The fourth-order valence-electron chi connectivity index (χ4n) is 2.60. The van der Waals surface area contributed by atoms with Crippen molar-refractivity contribution in [1.29, 1.82) is 0 Å². The van der Waals surface area contributed by atoms with Gasteiger partial charge in [-0.3, -0.25) is 4.79 Å². The van der Waals surface area contributed by atoms with Crippen LogP contribution in [0.1, 0.15) is 22.3 Å². The summed E-state index contributed by atoms with van der Waals surface area (Å²) in [6, 6.07) is 24.2. The van der Waals surface area contributed by atoms with Crippen LogP contribution in [0.15, 0.2) is 78.9 Å². The molecule has 4 nitrogen and oxygen atoms in total. The van der Waals surface area contributed by atoms with Crippen molar-refractivity contribution in [2.75, 3.05) is 11.9 Å². The van der Waals surface area contributed by atoms with Crippen LogP contribution >= 0.6 is 0 Å². The summed E-state index contributed by atoms with van der Waals surface area (Å²) in [6.45, 7) is 0.183. The summed E-state index contributed by atoms with van der Waals surface area (Å²) >= 11 is 0. The first-order valence-electron chi connectivity index (χ1n) is 8.59. The van der Waals surface area contributed by atoms with E-state index in [4.69, 9.17) is 9.84 Å². The smallest absolute Gasteiger partial charge is 0.259 e. The summed E-state index contributed by atoms with van der Waals surface area (Å²) in [4.78, 5) is 12.6. The van der Waals surface area contributed by atoms with Gasteiger partial charge in [0, 0.05) is 12.3 Å². The van der Waals surface area contributed by atoms with Crippen LogP contribution in [0.25, 0.3) is 0 Å². The molecule has 0 radical (unpaired) electrons. The number of aliphatic hydroxyl groups excluding tert-OH is 1. The Morgan fingerprint density at radius 1 is 0.885 bits per heavy atom. The highest BCUT2D eigenvalue weighted by atomic mass is 16.5. The quantitative estimate of drug-likeness (QED) is 0.654. The maximum atomic E-state index is 12.6. The van der Waals surface area contributed by atoms with Crippen molar-refractivity contribution < 1.29 is 14.6 Å². The Labute approximate surface area is 153 Å². The lowest BCUT2D eigenvalue weighted by atomic mass is 10.1. The van der Waals surface area contributed by atoms with Crippen LogP contribution in [0, 0.1) is 0 Å². The van der Waals surface area contributed by atoms with Crippen LogP contribution in [-0.4, -0.2) is 17.6 Å². The van der Waals surface area contributed by atoms with Gasteiger partial charge in [-0.1, -0.05) is 42.5 Å².